The van der Waals surface area contributed by atoms with Gasteiger partial charge in [0.15, 0.2) is 5.76 Å². The first kappa shape index (κ1) is 24.5. The molecule has 0 fully saturated rings. The van der Waals surface area contributed by atoms with Gasteiger partial charge in [-0.2, -0.15) is 0 Å². The highest BCUT2D eigenvalue weighted by Crippen LogP contribution is 2.54. The Hall–Kier alpha value is -4.55. The van der Waals surface area contributed by atoms with Crippen molar-refractivity contribution < 1.29 is 9.26 Å². The number of ether oxygens (including phenoxy) is 1. The molecule has 0 saturated heterocycles. The Morgan fingerprint density at radius 2 is 1.52 bits per heavy atom. The van der Waals surface area contributed by atoms with Gasteiger partial charge in [0, 0.05) is 16.2 Å². The van der Waals surface area contributed by atoms with Crippen LogP contribution in [0, 0.1) is 6.92 Å². The second-order valence-electron chi connectivity index (χ2n) is 9.90. The van der Waals surface area contributed by atoms with Gasteiger partial charge in [0.1, 0.15) is 17.1 Å². The zero-order chi connectivity index (χ0) is 27.1. The number of benzene rings is 4. The van der Waals surface area contributed by atoms with Gasteiger partial charge in [0.25, 0.3) is 0 Å². The molecule has 5 nitrogen and oxygen atoms in total. The number of halogens is 1. The highest BCUT2D eigenvalue weighted by atomic mass is 79.9. The summed E-state index contributed by atoms with van der Waals surface area (Å²) in [6, 6.07) is 37.3. The first-order valence-corrected chi connectivity index (χ1v) is 14.0. The van der Waals surface area contributed by atoms with Crippen LogP contribution in [0.5, 0.6) is 5.75 Å². The monoisotopic (exact) mass is 587 g/mol. The fourth-order valence-corrected chi connectivity index (χ4v) is 6.03. The van der Waals surface area contributed by atoms with E-state index in [1.165, 1.54) is 0 Å². The van der Waals surface area contributed by atoms with Crippen molar-refractivity contribution in [1.29, 1.82) is 0 Å². The minimum Gasteiger partial charge on any atom is -0.459 e. The Morgan fingerprint density at radius 1 is 0.825 bits per heavy atom. The summed E-state index contributed by atoms with van der Waals surface area (Å²) in [6.45, 7) is 2.51. The molecule has 0 radical (unpaired) electrons. The van der Waals surface area contributed by atoms with E-state index >= 15 is 0 Å². The topological polar surface area (TPSA) is 41.7 Å². The van der Waals surface area contributed by atoms with E-state index in [0.717, 1.165) is 49.7 Å². The van der Waals surface area contributed by atoms with Crippen molar-refractivity contribution in [3.63, 3.8) is 0 Å². The standard InChI is InChI=1S/C34H26BrN3O2/c1-24-33(32(40-36-24)21-20-25-12-8-9-17-28(25)35)37-22-30(26-13-4-2-5-14-26)38-29-18-10-11-19-31(29)39-34(38,23-37)27-15-6-3-7-16-27/h2-22H,23H2,1H3/b21-20+. The lowest BCUT2D eigenvalue weighted by atomic mass is 9.95. The maximum absolute atomic E-state index is 6.96. The van der Waals surface area contributed by atoms with Crippen molar-refractivity contribution in [2.45, 2.75) is 12.6 Å². The predicted molar refractivity (Wildman–Crippen MR) is 164 cm³/mol. The molecule has 1 aromatic heterocycles. The SMILES string of the molecule is Cc1noc(/C=C/c2ccccc2Br)c1N1C=C(c2ccccc2)N2c3ccccc3OC2(c2ccccc2)C1. The third kappa shape index (κ3) is 4.03. The third-order valence-corrected chi connectivity index (χ3v) is 8.13. The highest BCUT2D eigenvalue weighted by Gasteiger charge is 2.53. The molecule has 0 N–H and O–H groups in total. The molecule has 0 aliphatic carbocycles. The molecule has 40 heavy (non-hydrogen) atoms. The van der Waals surface area contributed by atoms with Crippen LogP contribution in [-0.4, -0.2) is 11.7 Å². The average molecular weight is 589 g/mol. The predicted octanol–water partition coefficient (Wildman–Crippen LogP) is 8.49. The molecular formula is C34H26BrN3O2. The number of hydrogen-bond acceptors (Lipinski definition) is 5. The number of aryl methyl sites for hydroxylation is 1. The molecule has 1 unspecified atom stereocenters. The Balaban J connectivity index is 1.42. The van der Waals surface area contributed by atoms with Gasteiger partial charge < -0.3 is 14.2 Å². The van der Waals surface area contributed by atoms with E-state index in [9.17, 15) is 0 Å². The summed E-state index contributed by atoms with van der Waals surface area (Å²) < 4.78 is 13.9. The van der Waals surface area contributed by atoms with Crippen LogP contribution in [0.15, 0.2) is 124 Å². The summed E-state index contributed by atoms with van der Waals surface area (Å²) in [5.41, 5.74) is 6.19. The van der Waals surface area contributed by atoms with E-state index in [2.05, 4.69) is 104 Å². The van der Waals surface area contributed by atoms with Crippen molar-refractivity contribution in [2.24, 2.45) is 0 Å². The molecule has 2 aliphatic heterocycles. The summed E-state index contributed by atoms with van der Waals surface area (Å²) in [4.78, 5) is 4.56. The minimum absolute atomic E-state index is 0.528. The average Bonchev–Trinajstić information content (AvgIpc) is 3.55. The summed E-state index contributed by atoms with van der Waals surface area (Å²) >= 11 is 3.64. The van der Waals surface area contributed by atoms with Gasteiger partial charge >= 0.3 is 0 Å². The van der Waals surface area contributed by atoms with Crippen molar-refractivity contribution in [1.82, 2.24) is 5.16 Å². The largest absolute Gasteiger partial charge is 0.459 e. The molecule has 7 rings (SSSR count). The second-order valence-corrected chi connectivity index (χ2v) is 10.8. The Labute approximate surface area is 241 Å². The van der Waals surface area contributed by atoms with Crippen LogP contribution in [0.1, 0.15) is 28.1 Å². The molecule has 4 aromatic carbocycles. The number of nitrogens with zero attached hydrogens (tertiary/aromatic N) is 3. The third-order valence-electron chi connectivity index (χ3n) is 7.41. The maximum atomic E-state index is 6.96. The summed E-state index contributed by atoms with van der Waals surface area (Å²) in [5.74, 6) is 1.54. The summed E-state index contributed by atoms with van der Waals surface area (Å²) in [5, 5.41) is 4.38. The van der Waals surface area contributed by atoms with Crippen LogP contribution in [0.4, 0.5) is 11.4 Å². The van der Waals surface area contributed by atoms with Crippen molar-refractivity contribution in [2.75, 3.05) is 16.3 Å². The lowest BCUT2D eigenvalue weighted by molar-refractivity contribution is 0.103. The van der Waals surface area contributed by atoms with E-state index in [1.54, 1.807) is 0 Å². The van der Waals surface area contributed by atoms with Gasteiger partial charge in [-0.1, -0.05) is 112 Å². The molecule has 1 atom stereocenters. The molecule has 196 valence electrons. The second kappa shape index (κ2) is 9.88. The quantitative estimate of drug-likeness (QED) is 0.206. The Kier molecular flexibility index (Phi) is 6.05. The first-order chi connectivity index (χ1) is 19.6. The van der Waals surface area contributed by atoms with Crippen LogP contribution in [0.3, 0.4) is 0 Å². The fraction of sp³-hybridized carbons (Fsp3) is 0.0882. The Morgan fingerprint density at radius 3 is 2.33 bits per heavy atom. The van der Waals surface area contributed by atoms with Crippen LogP contribution >= 0.6 is 15.9 Å². The number of rotatable bonds is 5. The molecule has 0 spiro atoms. The molecule has 0 bridgehead atoms. The Bertz CT molecular complexity index is 1750. The lowest BCUT2D eigenvalue weighted by Gasteiger charge is -2.46. The molecule has 3 heterocycles. The number of anilines is 2. The molecule has 5 aromatic rings. The van der Waals surface area contributed by atoms with Gasteiger partial charge in [0.2, 0.25) is 5.72 Å². The summed E-state index contributed by atoms with van der Waals surface area (Å²) in [7, 11) is 0. The number of aromatic nitrogens is 1. The lowest BCUT2D eigenvalue weighted by Crippen LogP contribution is -2.56. The molecule has 2 aliphatic rings. The number of hydrogen-bond donors (Lipinski definition) is 0. The molecule has 0 saturated carbocycles. The molecule has 0 amide bonds. The normalized spacial score (nSPS) is 17.9. The maximum Gasteiger partial charge on any atom is 0.231 e. The van der Waals surface area contributed by atoms with Crippen LogP contribution in [-0.2, 0) is 5.72 Å². The van der Waals surface area contributed by atoms with Crippen molar-refractivity contribution in [3.05, 3.63) is 148 Å². The van der Waals surface area contributed by atoms with Gasteiger partial charge in [-0.25, -0.2) is 0 Å². The van der Waals surface area contributed by atoms with E-state index in [0.29, 0.717) is 12.3 Å². The number of para-hydroxylation sites is 2. The van der Waals surface area contributed by atoms with E-state index in [4.69, 9.17) is 9.26 Å². The van der Waals surface area contributed by atoms with Gasteiger partial charge in [-0.05, 0) is 48.4 Å². The van der Waals surface area contributed by atoms with Gasteiger partial charge in [-0.15, -0.1) is 0 Å². The molecule has 6 heteroatoms. The van der Waals surface area contributed by atoms with E-state index < -0.39 is 5.72 Å². The smallest absolute Gasteiger partial charge is 0.231 e. The summed E-state index contributed by atoms with van der Waals surface area (Å²) in [6.07, 6.45) is 6.22. The van der Waals surface area contributed by atoms with Crippen molar-refractivity contribution in [3.8, 4) is 5.75 Å². The first-order valence-electron chi connectivity index (χ1n) is 13.2. The van der Waals surface area contributed by atoms with E-state index in [-0.39, 0.29) is 0 Å². The highest BCUT2D eigenvalue weighted by molar-refractivity contribution is 9.10. The molecular weight excluding hydrogens is 562 g/mol. The fourth-order valence-electron chi connectivity index (χ4n) is 5.61. The van der Waals surface area contributed by atoms with Crippen LogP contribution < -0.4 is 14.5 Å². The van der Waals surface area contributed by atoms with Crippen LogP contribution in [0.25, 0.3) is 17.8 Å². The van der Waals surface area contributed by atoms with Crippen LogP contribution in [0.2, 0.25) is 0 Å². The minimum atomic E-state index is -0.808. The van der Waals surface area contributed by atoms with Gasteiger partial charge in [0.05, 0.1) is 17.9 Å². The number of fused-ring (bicyclic) bond motifs is 3. The van der Waals surface area contributed by atoms with Crippen molar-refractivity contribution >= 4 is 45.2 Å². The zero-order valence-corrected chi connectivity index (χ0v) is 23.5. The van der Waals surface area contributed by atoms with Gasteiger partial charge in [-0.3, -0.25) is 4.90 Å². The zero-order valence-electron chi connectivity index (χ0n) is 21.9. The van der Waals surface area contributed by atoms with E-state index in [1.807, 2.05) is 61.5 Å².